The highest BCUT2D eigenvalue weighted by Gasteiger charge is 2.24. The van der Waals surface area contributed by atoms with Crippen molar-refractivity contribution in [3.05, 3.63) is 24.3 Å². The summed E-state index contributed by atoms with van der Waals surface area (Å²) in [5, 5.41) is 23.9. The minimum Gasteiger partial charge on any atom is -0.462 e. The molecule has 0 heterocycles. The fraction of sp³-hybridized carbons (Fsp3) is 0.900. The van der Waals surface area contributed by atoms with Gasteiger partial charge in [-0.15, -0.1) is 0 Å². The predicted molar refractivity (Wildman–Crippen MR) is 287 cm³/mol. The van der Waals surface area contributed by atoms with Gasteiger partial charge < -0.3 is 20.3 Å². The van der Waals surface area contributed by atoms with Crippen molar-refractivity contribution >= 4 is 11.9 Å². The molecule has 0 aliphatic heterocycles. The molecule has 0 fully saturated rings. The van der Waals surface area contributed by atoms with Gasteiger partial charge in [-0.2, -0.15) is 0 Å². The molecule has 0 aliphatic carbocycles. The van der Waals surface area contributed by atoms with E-state index < -0.39 is 18.2 Å². The van der Waals surface area contributed by atoms with Crippen LogP contribution in [-0.2, 0) is 14.3 Å². The number of unbranched alkanes of at least 4 members (excludes halogenated alkanes) is 38. The molecule has 66 heavy (non-hydrogen) atoms. The lowest BCUT2D eigenvalue weighted by Crippen LogP contribution is -2.46. The summed E-state index contributed by atoms with van der Waals surface area (Å²) in [6.07, 6.45) is 63.8. The van der Waals surface area contributed by atoms with Gasteiger partial charge in [0.25, 0.3) is 0 Å². The van der Waals surface area contributed by atoms with E-state index in [4.69, 9.17) is 4.74 Å². The molecule has 0 aromatic rings. The third-order valence-corrected chi connectivity index (χ3v) is 13.8. The number of allylic oxidation sites excluding steroid dienone is 4. The summed E-state index contributed by atoms with van der Waals surface area (Å²) >= 11 is 0. The lowest BCUT2D eigenvalue weighted by molar-refractivity contribution is -0.151. The van der Waals surface area contributed by atoms with Crippen LogP contribution in [-0.4, -0.2) is 46.9 Å². The monoisotopic (exact) mass is 930 g/mol. The van der Waals surface area contributed by atoms with Crippen molar-refractivity contribution in [1.29, 1.82) is 0 Å². The van der Waals surface area contributed by atoms with Gasteiger partial charge in [0.1, 0.15) is 6.10 Å². The number of ether oxygens (including phenoxy) is 1. The van der Waals surface area contributed by atoms with Crippen molar-refractivity contribution in [3.8, 4) is 0 Å². The van der Waals surface area contributed by atoms with Gasteiger partial charge in [0, 0.05) is 6.42 Å². The molecule has 0 bridgehead atoms. The van der Waals surface area contributed by atoms with Crippen LogP contribution in [0.3, 0.4) is 0 Å². The van der Waals surface area contributed by atoms with Gasteiger partial charge in [-0.05, 0) is 57.8 Å². The molecule has 0 aromatic carbocycles. The van der Waals surface area contributed by atoms with Crippen molar-refractivity contribution in [2.24, 2.45) is 0 Å². The molecule has 0 aromatic heterocycles. The highest BCUT2D eigenvalue weighted by Crippen LogP contribution is 2.19. The van der Waals surface area contributed by atoms with Crippen LogP contribution in [0.15, 0.2) is 24.3 Å². The molecule has 1 amide bonds. The fourth-order valence-electron chi connectivity index (χ4n) is 9.29. The average Bonchev–Trinajstić information content (AvgIpc) is 3.31. The summed E-state index contributed by atoms with van der Waals surface area (Å²) in [7, 11) is 0. The minimum absolute atomic E-state index is 0.0742. The molecule has 0 aliphatic rings. The van der Waals surface area contributed by atoms with Gasteiger partial charge in [-0.25, -0.2) is 0 Å². The number of nitrogens with one attached hydrogen (secondary N) is 1. The molecule has 0 rings (SSSR count). The van der Waals surface area contributed by atoms with E-state index in [-0.39, 0.29) is 24.9 Å². The molecule has 3 N–H and O–H groups in total. The van der Waals surface area contributed by atoms with Crippen molar-refractivity contribution in [1.82, 2.24) is 5.32 Å². The molecular weight excluding hydrogens is 815 g/mol. The number of amides is 1. The van der Waals surface area contributed by atoms with E-state index in [1.807, 2.05) is 0 Å². The Morgan fingerprint density at radius 2 is 0.773 bits per heavy atom. The number of aliphatic hydroxyl groups excluding tert-OH is 2. The Balaban J connectivity index is 4.52. The summed E-state index contributed by atoms with van der Waals surface area (Å²) in [6, 6.07) is -0.703. The van der Waals surface area contributed by atoms with Crippen molar-refractivity contribution in [2.75, 3.05) is 6.61 Å². The van der Waals surface area contributed by atoms with Gasteiger partial charge in [-0.3, -0.25) is 9.59 Å². The van der Waals surface area contributed by atoms with Crippen LogP contribution in [0.2, 0.25) is 0 Å². The number of carbonyl (C=O) groups excluding carboxylic acids is 2. The number of carbonyl (C=O) groups is 2. The Hall–Kier alpha value is -1.66. The number of hydrogen-bond donors (Lipinski definition) is 3. The first-order valence-corrected chi connectivity index (χ1v) is 29.6. The second-order valence-corrected chi connectivity index (χ2v) is 20.4. The van der Waals surface area contributed by atoms with E-state index in [1.54, 1.807) is 0 Å². The zero-order valence-corrected chi connectivity index (χ0v) is 44.6. The maximum Gasteiger partial charge on any atom is 0.306 e. The van der Waals surface area contributed by atoms with Crippen LogP contribution in [0.5, 0.6) is 0 Å². The molecule has 390 valence electrons. The summed E-state index contributed by atoms with van der Waals surface area (Å²) in [4.78, 5) is 26.3. The highest BCUT2D eigenvalue weighted by atomic mass is 16.5. The van der Waals surface area contributed by atoms with E-state index in [2.05, 4.69) is 50.4 Å². The number of esters is 1. The molecule has 6 heteroatoms. The van der Waals surface area contributed by atoms with Crippen LogP contribution >= 0.6 is 0 Å². The zero-order chi connectivity index (χ0) is 48.1. The predicted octanol–water partition coefficient (Wildman–Crippen LogP) is 18.2. The molecule has 3 atom stereocenters. The zero-order valence-electron chi connectivity index (χ0n) is 44.6. The molecule has 6 nitrogen and oxygen atoms in total. The summed E-state index contributed by atoms with van der Waals surface area (Å²) in [6.45, 7) is 6.50. The van der Waals surface area contributed by atoms with Gasteiger partial charge in [0.15, 0.2) is 0 Å². The van der Waals surface area contributed by atoms with Crippen molar-refractivity contribution < 1.29 is 24.5 Å². The van der Waals surface area contributed by atoms with Crippen molar-refractivity contribution in [2.45, 2.75) is 341 Å². The summed E-state index contributed by atoms with van der Waals surface area (Å²) < 4.78 is 5.96. The largest absolute Gasteiger partial charge is 0.462 e. The van der Waals surface area contributed by atoms with Crippen LogP contribution in [0, 0.1) is 0 Å². The van der Waals surface area contributed by atoms with Crippen molar-refractivity contribution in [3.63, 3.8) is 0 Å². The Morgan fingerprint density at radius 1 is 0.439 bits per heavy atom. The molecule has 0 saturated heterocycles. The number of rotatable bonds is 54. The topological polar surface area (TPSA) is 95.9 Å². The van der Waals surface area contributed by atoms with Crippen LogP contribution in [0.1, 0.15) is 323 Å². The third-order valence-electron chi connectivity index (χ3n) is 13.8. The van der Waals surface area contributed by atoms with E-state index in [9.17, 15) is 19.8 Å². The first kappa shape index (κ1) is 64.3. The number of aliphatic hydroxyl groups is 2. The minimum atomic E-state index is -0.789. The molecule has 0 spiro atoms. The lowest BCUT2D eigenvalue weighted by atomic mass is 10.0. The van der Waals surface area contributed by atoms with E-state index >= 15 is 0 Å². The molecule has 3 unspecified atom stereocenters. The smallest absolute Gasteiger partial charge is 0.306 e. The standard InChI is InChI=1S/C60H115NO5/c1-4-7-10-13-16-19-22-25-28-31-34-37-40-43-46-49-52-58(63)57(55-62)61-59(64)54-56(51-48-45-42-39-36-33-30-27-24-21-18-15-12-9-6-3)66-60(65)53-50-47-44-41-38-35-32-29-26-23-20-17-14-11-8-5-2/h18,21,27,30,56-58,62-63H,4-17,19-20,22-26,28-29,31-55H2,1-3H3,(H,61,64)/b21-18-,30-27-. The Labute approximate surface area is 411 Å². The Morgan fingerprint density at radius 3 is 1.18 bits per heavy atom. The van der Waals surface area contributed by atoms with E-state index in [1.165, 1.54) is 212 Å². The Bertz CT molecular complexity index is 1040. The third kappa shape index (κ3) is 48.8. The Kier molecular flexibility index (Phi) is 52.9. The second-order valence-electron chi connectivity index (χ2n) is 20.4. The maximum absolute atomic E-state index is 13.3. The summed E-state index contributed by atoms with van der Waals surface area (Å²) in [5.41, 5.74) is 0. The van der Waals surface area contributed by atoms with Gasteiger partial charge in [0.2, 0.25) is 5.91 Å². The van der Waals surface area contributed by atoms with E-state index in [0.717, 1.165) is 64.2 Å². The van der Waals surface area contributed by atoms with Crippen LogP contribution in [0.4, 0.5) is 0 Å². The first-order chi connectivity index (χ1) is 32.5. The van der Waals surface area contributed by atoms with Gasteiger partial charge >= 0.3 is 5.97 Å². The molecular formula is C60H115NO5. The first-order valence-electron chi connectivity index (χ1n) is 29.6. The van der Waals surface area contributed by atoms with Crippen LogP contribution in [0.25, 0.3) is 0 Å². The normalized spacial score (nSPS) is 13.2. The molecule has 0 radical (unpaired) electrons. The highest BCUT2D eigenvalue weighted by molar-refractivity contribution is 5.77. The molecule has 0 saturated carbocycles. The second kappa shape index (κ2) is 54.3. The van der Waals surface area contributed by atoms with Gasteiger partial charge in [-0.1, -0.05) is 276 Å². The SMILES string of the molecule is CCCCC/C=C\C/C=C\CCCCCCCC(CC(=O)NC(CO)C(O)CCCCCCCCCCCCCCCCCC)OC(=O)CCCCCCCCCCCCCCCCCC. The lowest BCUT2D eigenvalue weighted by Gasteiger charge is -2.24. The number of hydrogen-bond acceptors (Lipinski definition) is 5. The van der Waals surface area contributed by atoms with Gasteiger partial charge in [0.05, 0.1) is 25.2 Å². The average molecular weight is 931 g/mol. The van der Waals surface area contributed by atoms with Crippen LogP contribution < -0.4 is 5.32 Å². The summed E-state index contributed by atoms with van der Waals surface area (Å²) in [5.74, 6) is -0.467. The maximum atomic E-state index is 13.3. The quantitative estimate of drug-likeness (QED) is 0.0321. The fourth-order valence-corrected chi connectivity index (χ4v) is 9.29. The van der Waals surface area contributed by atoms with E-state index in [0.29, 0.717) is 19.3 Å².